The SMILES string of the molecule is COc1ccc(/C(C#N)=C\c2ccc(OC(=O)c3ccco3)c(OC)c2)cc1. The van der Waals surface area contributed by atoms with Crippen molar-refractivity contribution in [2.75, 3.05) is 14.2 Å². The molecule has 0 aliphatic carbocycles. The van der Waals surface area contributed by atoms with Crippen molar-refractivity contribution >= 4 is 17.6 Å². The Hall–Kier alpha value is -3.98. The molecule has 6 nitrogen and oxygen atoms in total. The maximum atomic E-state index is 12.1. The molecule has 0 unspecified atom stereocenters. The van der Waals surface area contributed by atoms with E-state index in [2.05, 4.69) is 6.07 Å². The summed E-state index contributed by atoms with van der Waals surface area (Å²) in [7, 11) is 3.06. The highest BCUT2D eigenvalue weighted by atomic mass is 16.6. The molecule has 1 aromatic heterocycles. The van der Waals surface area contributed by atoms with Gasteiger partial charge in [0.1, 0.15) is 5.75 Å². The largest absolute Gasteiger partial charge is 0.497 e. The van der Waals surface area contributed by atoms with Gasteiger partial charge in [-0.3, -0.25) is 0 Å². The fourth-order valence-corrected chi connectivity index (χ4v) is 2.52. The van der Waals surface area contributed by atoms with Gasteiger partial charge in [0, 0.05) is 0 Å². The Morgan fingerprint density at radius 1 is 1.04 bits per heavy atom. The second-order valence-corrected chi connectivity index (χ2v) is 5.68. The number of esters is 1. The number of ether oxygens (including phenoxy) is 3. The number of furan rings is 1. The summed E-state index contributed by atoms with van der Waals surface area (Å²) in [5.74, 6) is 0.801. The van der Waals surface area contributed by atoms with Gasteiger partial charge in [-0.1, -0.05) is 6.07 Å². The predicted molar refractivity (Wildman–Crippen MR) is 103 cm³/mol. The molecule has 0 saturated heterocycles. The first-order valence-corrected chi connectivity index (χ1v) is 8.34. The van der Waals surface area contributed by atoms with Crippen LogP contribution in [0.15, 0.2) is 65.3 Å². The Labute approximate surface area is 162 Å². The number of nitriles is 1. The number of methoxy groups -OCH3 is 2. The van der Waals surface area contributed by atoms with E-state index >= 15 is 0 Å². The first kappa shape index (κ1) is 18.8. The number of hydrogen-bond donors (Lipinski definition) is 0. The van der Waals surface area contributed by atoms with Crippen molar-refractivity contribution < 1.29 is 23.4 Å². The van der Waals surface area contributed by atoms with Crippen molar-refractivity contribution in [1.29, 1.82) is 5.26 Å². The lowest BCUT2D eigenvalue weighted by molar-refractivity contribution is 0.0696. The van der Waals surface area contributed by atoms with E-state index in [1.54, 1.807) is 49.6 Å². The van der Waals surface area contributed by atoms with Crippen LogP contribution in [0.5, 0.6) is 17.2 Å². The molecule has 0 aliphatic heterocycles. The predicted octanol–water partition coefficient (Wildman–Crippen LogP) is 4.58. The molecule has 0 fully saturated rings. The van der Waals surface area contributed by atoms with Crippen molar-refractivity contribution in [3.05, 3.63) is 77.7 Å². The molecule has 1 heterocycles. The zero-order valence-corrected chi connectivity index (χ0v) is 15.3. The lowest BCUT2D eigenvalue weighted by atomic mass is 10.0. The highest BCUT2D eigenvalue weighted by Crippen LogP contribution is 2.30. The molecule has 0 spiro atoms. The van der Waals surface area contributed by atoms with E-state index in [-0.39, 0.29) is 11.5 Å². The van der Waals surface area contributed by atoms with Crippen LogP contribution in [-0.2, 0) is 0 Å². The second-order valence-electron chi connectivity index (χ2n) is 5.68. The first-order chi connectivity index (χ1) is 13.6. The Balaban J connectivity index is 1.86. The van der Waals surface area contributed by atoms with Gasteiger partial charge in [-0.05, 0) is 65.7 Å². The maximum Gasteiger partial charge on any atom is 0.379 e. The van der Waals surface area contributed by atoms with Crippen molar-refractivity contribution in [3.8, 4) is 23.3 Å². The summed E-state index contributed by atoms with van der Waals surface area (Å²) >= 11 is 0. The average molecular weight is 375 g/mol. The van der Waals surface area contributed by atoms with E-state index in [9.17, 15) is 10.1 Å². The highest BCUT2D eigenvalue weighted by Gasteiger charge is 2.15. The van der Waals surface area contributed by atoms with Crippen LogP contribution in [-0.4, -0.2) is 20.2 Å². The Kier molecular flexibility index (Phi) is 5.78. The Morgan fingerprint density at radius 3 is 2.43 bits per heavy atom. The zero-order chi connectivity index (χ0) is 19.9. The molecule has 140 valence electrons. The molecule has 0 atom stereocenters. The molecule has 0 saturated carbocycles. The third-order valence-corrected chi connectivity index (χ3v) is 3.95. The first-order valence-electron chi connectivity index (χ1n) is 8.34. The molecule has 0 aliphatic rings. The van der Waals surface area contributed by atoms with Gasteiger partial charge < -0.3 is 18.6 Å². The molecule has 0 amide bonds. The van der Waals surface area contributed by atoms with Crippen LogP contribution in [0.1, 0.15) is 21.7 Å². The van der Waals surface area contributed by atoms with Gasteiger partial charge in [-0.2, -0.15) is 5.26 Å². The van der Waals surface area contributed by atoms with E-state index in [1.807, 2.05) is 12.1 Å². The summed E-state index contributed by atoms with van der Waals surface area (Å²) in [6.45, 7) is 0. The Bertz CT molecular complexity index is 1030. The summed E-state index contributed by atoms with van der Waals surface area (Å²) in [5, 5.41) is 9.51. The van der Waals surface area contributed by atoms with Gasteiger partial charge in [0.05, 0.1) is 32.1 Å². The summed E-state index contributed by atoms with van der Waals surface area (Å²) in [4.78, 5) is 12.1. The minimum Gasteiger partial charge on any atom is -0.497 e. The molecule has 0 bridgehead atoms. The minimum absolute atomic E-state index is 0.0947. The topological polar surface area (TPSA) is 81.7 Å². The van der Waals surface area contributed by atoms with Crippen molar-refractivity contribution in [2.24, 2.45) is 0 Å². The monoisotopic (exact) mass is 375 g/mol. The van der Waals surface area contributed by atoms with Crippen molar-refractivity contribution in [2.45, 2.75) is 0 Å². The van der Waals surface area contributed by atoms with E-state index in [1.165, 1.54) is 19.4 Å². The number of rotatable bonds is 6. The smallest absolute Gasteiger partial charge is 0.379 e. The van der Waals surface area contributed by atoms with Crippen LogP contribution >= 0.6 is 0 Å². The average Bonchev–Trinajstić information content (AvgIpc) is 3.28. The lowest BCUT2D eigenvalue weighted by Gasteiger charge is -2.09. The number of carbonyl (C=O) groups is 1. The third-order valence-electron chi connectivity index (χ3n) is 3.95. The molecular weight excluding hydrogens is 358 g/mol. The molecule has 28 heavy (non-hydrogen) atoms. The Morgan fingerprint density at radius 2 is 1.82 bits per heavy atom. The number of nitrogens with zero attached hydrogens (tertiary/aromatic N) is 1. The quantitative estimate of drug-likeness (QED) is 0.271. The maximum absolute atomic E-state index is 12.1. The van der Waals surface area contributed by atoms with E-state index in [0.717, 1.165) is 11.1 Å². The highest BCUT2D eigenvalue weighted by molar-refractivity contribution is 5.90. The van der Waals surface area contributed by atoms with E-state index in [0.29, 0.717) is 17.1 Å². The zero-order valence-electron chi connectivity index (χ0n) is 15.3. The molecule has 6 heteroatoms. The van der Waals surface area contributed by atoms with Crippen molar-refractivity contribution in [1.82, 2.24) is 0 Å². The van der Waals surface area contributed by atoms with Crippen LogP contribution < -0.4 is 14.2 Å². The summed E-state index contributed by atoms with van der Waals surface area (Å²) in [6.07, 6.45) is 3.12. The molecule has 3 rings (SSSR count). The number of hydrogen-bond acceptors (Lipinski definition) is 6. The standard InChI is InChI=1S/C22H17NO5/c1-25-18-8-6-16(7-9-18)17(14-23)12-15-5-10-19(21(13-15)26-2)28-22(24)20-4-3-11-27-20/h3-13H,1-2H3/b17-12-. The van der Waals surface area contributed by atoms with E-state index < -0.39 is 5.97 Å². The van der Waals surface area contributed by atoms with Gasteiger partial charge in [0.15, 0.2) is 11.5 Å². The number of carbonyl (C=O) groups excluding carboxylic acids is 1. The van der Waals surface area contributed by atoms with Gasteiger partial charge in [-0.15, -0.1) is 0 Å². The van der Waals surface area contributed by atoms with Gasteiger partial charge in [-0.25, -0.2) is 4.79 Å². The van der Waals surface area contributed by atoms with Gasteiger partial charge in [0.2, 0.25) is 5.76 Å². The molecular formula is C22H17NO5. The third kappa shape index (κ3) is 4.22. The minimum atomic E-state index is -0.623. The summed E-state index contributed by atoms with van der Waals surface area (Å²) in [6, 6.07) is 17.5. The number of allylic oxidation sites excluding steroid dienone is 1. The second kappa shape index (κ2) is 8.60. The normalized spacial score (nSPS) is 10.8. The van der Waals surface area contributed by atoms with E-state index in [4.69, 9.17) is 18.6 Å². The van der Waals surface area contributed by atoms with Crippen LogP contribution in [0.25, 0.3) is 11.6 Å². The van der Waals surface area contributed by atoms with Crippen LogP contribution in [0, 0.1) is 11.3 Å². The van der Waals surface area contributed by atoms with Crippen LogP contribution in [0.2, 0.25) is 0 Å². The fourth-order valence-electron chi connectivity index (χ4n) is 2.52. The summed E-state index contributed by atoms with van der Waals surface area (Å²) in [5.41, 5.74) is 1.96. The molecule has 3 aromatic rings. The molecule has 2 aromatic carbocycles. The van der Waals surface area contributed by atoms with Crippen LogP contribution in [0.4, 0.5) is 0 Å². The van der Waals surface area contributed by atoms with Crippen LogP contribution in [0.3, 0.4) is 0 Å². The van der Waals surface area contributed by atoms with Gasteiger partial charge >= 0.3 is 5.97 Å². The van der Waals surface area contributed by atoms with Gasteiger partial charge in [0.25, 0.3) is 0 Å². The lowest BCUT2D eigenvalue weighted by Crippen LogP contribution is -2.08. The summed E-state index contributed by atoms with van der Waals surface area (Å²) < 4.78 is 20.8. The molecule has 0 radical (unpaired) electrons. The number of benzene rings is 2. The molecule has 0 N–H and O–H groups in total. The fraction of sp³-hybridized carbons (Fsp3) is 0.0909. The van der Waals surface area contributed by atoms with Crippen molar-refractivity contribution in [3.63, 3.8) is 0 Å².